The largest absolute Gasteiger partial charge is 0.462 e. The minimum absolute atomic E-state index is 0.0625. The molecule has 0 rings (SSSR count). The number of carbonyl (C=O) groups is 3. The fraction of sp³-hybridized carbons (Fsp3) is 0.951. The summed E-state index contributed by atoms with van der Waals surface area (Å²) in [5.41, 5.74) is 0. The molecule has 0 amide bonds. The summed E-state index contributed by atoms with van der Waals surface area (Å²) in [5, 5.41) is 0. The Balaban J connectivity index is 4.14. The molecule has 0 N–H and O–H groups in total. The Morgan fingerprint density at radius 2 is 0.493 bits per heavy atom. The highest BCUT2D eigenvalue weighted by Crippen LogP contribution is 2.19. The molecule has 1 atom stereocenters. The summed E-state index contributed by atoms with van der Waals surface area (Å²) in [7, 11) is 0. The maximum absolute atomic E-state index is 12.8. The fourth-order valence-corrected chi connectivity index (χ4v) is 9.40. The van der Waals surface area contributed by atoms with Crippen molar-refractivity contribution in [3.05, 3.63) is 0 Å². The average Bonchev–Trinajstić information content (AvgIpc) is 3.30. The summed E-state index contributed by atoms with van der Waals surface area (Å²) in [5.74, 6) is 0.873. The van der Waals surface area contributed by atoms with Crippen LogP contribution in [0.2, 0.25) is 0 Å². The molecule has 6 heteroatoms. The molecule has 0 saturated heterocycles. The standard InChI is InChI=1S/C61H118O6/c1-6-7-8-9-10-29-38-43-48-53-61(64)67-58(55-66-60(63)52-47-42-37-33-28-24-20-16-15-18-22-26-31-35-40-45-50-57(4)5)54-65-59(62)51-46-41-36-32-27-23-19-14-12-11-13-17-21-25-30-34-39-44-49-56(2)3/h56-58H,6-55H2,1-5H3/t58-/m1/s1. The lowest BCUT2D eigenvalue weighted by atomic mass is 10.0. The second-order valence-electron chi connectivity index (χ2n) is 21.9. The Labute approximate surface area is 418 Å². The smallest absolute Gasteiger partial charge is 0.306 e. The van der Waals surface area contributed by atoms with E-state index < -0.39 is 6.10 Å². The third kappa shape index (κ3) is 55.2. The first kappa shape index (κ1) is 65.4. The molecule has 0 fully saturated rings. The molecule has 0 aliphatic rings. The minimum Gasteiger partial charge on any atom is -0.462 e. The van der Waals surface area contributed by atoms with E-state index in [1.165, 1.54) is 231 Å². The summed E-state index contributed by atoms with van der Waals surface area (Å²) in [6.45, 7) is 11.4. The van der Waals surface area contributed by atoms with Gasteiger partial charge < -0.3 is 14.2 Å². The van der Waals surface area contributed by atoms with Gasteiger partial charge in [-0.3, -0.25) is 14.4 Å². The van der Waals surface area contributed by atoms with Crippen molar-refractivity contribution in [1.29, 1.82) is 0 Å². The van der Waals surface area contributed by atoms with Gasteiger partial charge in [-0.25, -0.2) is 0 Å². The number of carbonyl (C=O) groups excluding carboxylic acids is 3. The van der Waals surface area contributed by atoms with Crippen LogP contribution in [0.15, 0.2) is 0 Å². The quantitative estimate of drug-likeness (QED) is 0.0343. The van der Waals surface area contributed by atoms with Gasteiger partial charge in [-0.15, -0.1) is 0 Å². The molecule has 0 aromatic heterocycles. The molecule has 0 saturated carbocycles. The zero-order valence-corrected chi connectivity index (χ0v) is 46.0. The van der Waals surface area contributed by atoms with Gasteiger partial charge in [0.1, 0.15) is 13.2 Å². The van der Waals surface area contributed by atoms with Gasteiger partial charge in [0.15, 0.2) is 6.10 Å². The highest BCUT2D eigenvalue weighted by molar-refractivity contribution is 5.71. The Morgan fingerprint density at radius 1 is 0.284 bits per heavy atom. The van der Waals surface area contributed by atoms with Crippen LogP contribution in [0, 0.1) is 11.8 Å². The predicted molar refractivity (Wildman–Crippen MR) is 289 cm³/mol. The molecular formula is C61H118O6. The Morgan fingerprint density at radius 3 is 0.731 bits per heavy atom. The van der Waals surface area contributed by atoms with Gasteiger partial charge in [-0.2, -0.15) is 0 Å². The van der Waals surface area contributed by atoms with Crippen molar-refractivity contribution in [2.24, 2.45) is 11.8 Å². The minimum atomic E-state index is -0.762. The van der Waals surface area contributed by atoms with Crippen LogP contribution in [0.3, 0.4) is 0 Å². The van der Waals surface area contributed by atoms with Crippen molar-refractivity contribution in [2.75, 3.05) is 13.2 Å². The van der Waals surface area contributed by atoms with Crippen LogP contribution >= 0.6 is 0 Å². The number of hydrogen-bond acceptors (Lipinski definition) is 6. The maximum Gasteiger partial charge on any atom is 0.306 e. The van der Waals surface area contributed by atoms with Crippen LogP contribution in [-0.4, -0.2) is 37.2 Å². The number of hydrogen-bond donors (Lipinski definition) is 0. The van der Waals surface area contributed by atoms with E-state index in [9.17, 15) is 14.4 Å². The molecule has 0 aromatic carbocycles. The van der Waals surface area contributed by atoms with Crippen LogP contribution in [-0.2, 0) is 28.6 Å². The molecule has 6 nitrogen and oxygen atoms in total. The first-order valence-electron chi connectivity index (χ1n) is 30.2. The molecule has 0 heterocycles. The SMILES string of the molecule is CCCCCCCCCCCC(=O)O[C@H](COC(=O)CCCCCCCCCCCCCCCCCCCCC(C)C)COC(=O)CCCCCCCCCCCCCCCCCCC(C)C. The van der Waals surface area contributed by atoms with Crippen molar-refractivity contribution in [2.45, 2.75) is 349 Å². The van der Waals surface area contributed by atoms with Crippen molar-refractivity contribution in [3.63, 3.8) is 0 Å². The Hall–Kier alpha value is -1.59. The van der Waals surface area contributed by atoms with Gasteiger partial charge in [0, 0.05) is 19.3 Å². The first-order valence-corrected chi connectivity index (χ1v) is 30.2. The summed E-state index contributed by atoms with van der Waals surface area (Å²) >= 11 is 0. The number of ether oxygens (including phenoxy) is 3. The lowest BCUT2D eigenvalue weighted by molar-refractivity contribution is -0.167. The normalized spacial score (nSPS) is 12.0. The van der Waals surface area contributed by atoms with Crippen LogP contribution in [0.1, 0.15) is 343 Å². The monoisotopic (exact) mass is 947 g/mol. The lowest BCUT2D eigenvalue weighted by Crippen LogP contribution is -2.30. The zero-order valence-electron chi connectivity index (χ0n) is 46.0. The number of esters is 3. The van der Waals surface area contributed by atoms with E-state index in [0.717, 1.165) is 69.6 Å². The molecule has 0 aliphatic carbocycles. The van der Waals surface area contributed by atoms with Gasteiger partial charge in [0.05, 0.1) is 0 Å². The van der Waals surface area contributed by atoms with Gasteiger partial charge in [-0.1, -0.05) is 304 Å². The van der Waals surface area contributed by atoms with E-state index in [-0.39, 0.29) is 31.1 Å². The maximum atomic E-state index is 12.8. The molecule has 0 radical (unpaired) electrons. The van der Waals surface area contributed by atoms with Gasteiger partial charge in [0.2, 0.25) is 0 Å². The number of unbranched alkanes of at least 4 members (excludes halogenated alkanes) is 40. The summed E-state index contributed by atoms with van der Waals surface area (Å²) in [6, 6.07) is 0. The van der Waals surface area contributed by atoms with Crippen molar-refractivity contribution in [1.82, 2.24) is 0 Å². The van der Waals surface area contributed by atoms with Crippen LogP contribution < -0.4 is 0 Å². The molecule has 0 unspecified atom stereocenters. The average molecular weight is 948 g/mol. The van der Waals surface area contributed by atoms with Crippen LogP contribution in [0.4, 0.5) is 0 Å². The molecule has 398 valence electrons. The van der Waals surface area contributed by atoms with Crippen LogP contribution in [0.25, 0.3) is 0 Å². The molecule has 67 heavy (non-hydrogen) atoms. The van der Waals surface area contributed by atoms with Crippen molar-refractivity contribution >= 4 is 17.9 Å². The lowest BCUT2D eigenvalue weighted by Gasteiger charge is -2.18. The zero-order chi connectivity index (χ0) is 48.9. The Kier molecular flexibility index (Phi) is 52.5. The molecular weight excluding hydrogens is 829 g/mol. The fourth-order valence-electron chi connectivity index (χ4n) is 9.40. The second kappa shape index (κ2) is 53.8. The summed E-state index contributed by atoms with van der Waals surface area (Å²) in [4.78, 5) is 38.1. The van der Waals surface area contributed by atoms with Gasteiger partial charge in [0.25, 0.3) is 0 Å². The van der Waals surface area contributed by atoms with E-state index in [4.69, 9.17) is 14.2 Å². The van der Waals surface area contributed by atoms with E-state index in [0.29, 0.717) is 19.3 Å². The summed E-state index contributed by atoms with van der Waals surface area (Å²) in [6.07, 6.45) is 58.2. The molecule has 0 spiro atoms. The third-order valence-corrected chi connectivity index (χ3v) is 14.0. The number of rotatable bonds is 55. The first-order chi connectivity index (χ1) is 32.7. The van der Waals surface area contributed by atoms with E-state index in [1.807, 2.05) is 0 Å². The van der Waals surface area contributed by atoms with Gasteiger partial charge >= 0.3 is 17.9 Å². The second-order valence-corrected chi connectivity index (χ2v) is 21.9. The van der Waals surface area contributed by atoms with E-state index in [1.54, 1.807) is 0 Å². The third-order valence-electron chi connectivity index (χ3n) is 14.0. The van der Waals surface area contributed by atoms with Gasteiger partial charge in [-0.05, 0) is 31.1 Å². The molecule has 0 bridgehead atoms. The topological polar surface area (TPSA) is 78.9 Å². The van der Waals surface area contributed by atoms with Crippen molar-refractivity contribution in [3.8, 4) is 0 Å². The molecule has 0 aliphatic heterocycles. The van der Waals surface area contributed by atoms with Crippen molar-refractivity contribution < 1.29 is 28.6 Å². The Bertz CT molecular complexity index is 1020. The summed E-state index contributed by atoms with van der Waals surface area (Å²) < 4.78 is 16.9. The van der Waals surface area contributed by atoms with E-state index >= 15 is 0 Å². The van der Waals surface area contributed by atoms with E-state index in [2.05, 4.69) is 34.6 Å². The van der Waals surface area contributed by atoms with Crippen LogP contribution in [0.5, 0.6) is 0 Å². The highest BCUT2D eigenvalue weighted by atomic mass is 16.6. The predicted octanol–water partition coefficient (Wildman–Crippen LogP) is 20.0. The molecule has 0 aromatic rings. The highest BCUT2D eigenvalue weighted by Gasteiger charge is 2.19.